The second-order valence-electron chi connectivity index (χ2n) is 4.83. The van der Waals surface area contributed by atoms with Crippen molar-refractivity contribution in [3.63, 3.8) is 0 Å². The van der Waals surface area contributed by atoms with Crippen molar-refractivity contribution in [2.24, 2.45) is 11.7 Å². The minimum Gasteiger partial charge on any atom is -0.369 e. The third-order valence-corrected chi connectivity index (χ3v) is 3.33. The lowest BCUT2D eigenvalue weighted by molar-refractivity contribution is -0.129. The van der Waals surface area contributed by atoms with Gasteiger partial charge in [0.15, 0.2) is 0 Å². The van der Waals surface area contributed by atoms with Crippen LogP contribution in [0.2, 0.25) is 0 Å². The number of hydrogen-bond acceptors (Lipinski definition) is 6. The Morgan fingerprint density at radius 1 is 1.52 bits per heavy atom. The fourth-order valence-corrected chi connectivity index (χ4v) is 2.21. The Bertz CT molecular complexity index is 669. The predicted octanol–water partition coefficient (Wildman–Crippen LogP) is -0.0346. The van der Waals surface area contributed by atoms with Gasteiger partial charge in [0.1, 0.15) is 6.54 Å². The molecule has 21 heavy (non-hydrogen) atoms. The van der Waals surface area contributed by atoms with E-state index in [1.807, 2.05) is 6.07 Å². The van der Waals surface area contributed by atoms with Crippen molar-refractivity contribution in [3.05, 3.63) is 30.4 Å². The van der Waals surface area contributed by atoms with Crippen LogP contribution in [0, 0.1) is 5.92 Å². The number of primary amides is 1. The summed E-state index contributed by atoms with van der Waals surface area (Å²) in [4.78, 5) is 32.6. The summed E-state index contributed by atoms with van der Waals surface area (Å²) >= 11 is 0. The number of likely N-dealkylation sites (tertiary alicyclic amines) is 1. The highest BCUT2D eigenvalue weighted by Gasteiger charge is 2.33. The zero-order valence-electron chi connectivity index (χ0n) is 11.1. The molecule has 8 heteroatoms. The van der Waals surface area contributed by atoms with Crippen LogP contribution in [0.5, 0.6) is 0 Å². The maximum atomic E-state index is 11.8. The summed E-state index contributed by atoms with van der Waals surface area (Å²) in [6, 6.07) is 3.58. The number of rotatable bonds is 4. The second-order valence-corrected chi connectivity index (χ2v) is 4.83. The van der Waals surface area contributed by atoms with Crippen LogP contribution in [-0.2, 0) is 16.1 Å². The van der Waals surface area contributed by atoms with Gasteiger partial charge in [0.2, 0.25) is 23.5 Å². The molecule has 0 bridgehead atoms. The average molecular weight is 287 g/mol. The molecule has 108 valence electrons. The first-order valence-electron chi connectivity index (χ1n) is 6.43. The third kappa shape index (κ3) is 2.73. The maximum Gasteiger partial charge on any atom is 0.246 e. The minimum atomic E-state index is -0.465. The van der Waals surface area contributed by atoms with Gasteiger partial charge in [-0.25, -0.2) is 0 Å². The molecule has 0 aliphatic carbocycles. The monoisotopic (exact) mass is 287 g/mol. The quantitative estimate of drug-likeness (QED) is 0.844. The summed E-state index contributed by atoms with van der Waals surface area (Å²) in [7, 11) is 0. The van der Waals surface area contributed by atoms with Gasteiger partial charge in [0.05, 0.1) is 5.92 Å². The molecule has 3 rings (SSSR count). The van der Waals surface area contributed by atoms with Crippen LogP contribution in [0.3, 0.4) is 0 Å². The molecule has 0 aromatic carbocycles. The molecule has 2 aromatic rings. The normalized spacial score (nSPS) is 18.2. The molecule has 8 nitrogen and oxygen atoms in total. The zero-order chi connectivity index (χ0) is 14.8. The van der Waals surface area contributed by atoms with Crippen molar-refractivity contribution in [2.45, 2.75) is 13.0 Å². The Morgan fingerprint density at radius 3 is 3.05 bits per heavy atom. The van der Waals surface area contributed by atoms with Gasteiger partial charge in [0.25, 0.3) is 0 Å². The van der Waals surface area contributed by atoms with E-state index >= 15 is 0 Å². The molecule has 3 heterocycles. The number of carbonyl (C=O) groups is 2. The molecule has 1 saturated heterocycles. The van der Waals surface area contributed by atoms with Crippen LogP contribution in [0.15, 0.2) is 29.0 Å². The highest BCUT2D eigenvalue weighted by atomic mass is 16.5. The van der Waals surface area contributed by atoms with Crippen molar-refractivity contribution in [1.82, 2.24) is 20.0 Å². The van der Waals surface area contributed by atoms with Crippen LogP contribution in [0.1, 0.15) is 12.3 Å². The maximum absolute atomic E-state index is 11.8. The van der Waals surface area contributed by atoms with E-state index in [9.17, 15) is 9.59 Å². The molecular weight excluding hydrogens is 274 g/mol. The standard InChI is InChI=1S/C13H13N5O3/c14-12(20)9-4-11(19)18(6-9)7-10-16-13(17-21-10)8-2-1-3-15-5-8/h1-3,5,9H,4,6-7H2,(H2,14,20). The van der Waals surface area contributed by atoms with E-state index in [1.54, 1.807) is 18.5 Å². The average Bonchev–Trinajstić information content (AvgIpc) is 3.08. The Balaban J connectivity index is 1.71. The topological polar surface area (TPSA) is 115 Å². The number of pyridine rings is 1. The van der Waals surface area contributed by atoms with Gasteiger partial charge < -0.3 is 15.2 Å². The summed E-state index contributed by atoms with van der Waals surface area (Å²) in [6.45, 7) is 0.467. The minimum absolute atomic E-state index is 0.138. The highest BCUT2D eigenvalue weighted by Crippen LogP contribution is 2.20. The summed E-state index contributed by atoms with van der Waals surface area (Å²) in [5.74, 6) is -0.325. The number of nitrogens with two attached hydrogens (primary N) is 1. The third-order valence-electron chi connectivity index (χ3n) is 3.33. The van der Waals surface area contributed by atoms with Crippen LogP contribution in [0.4, 0.5) is 0 Å². The largest absolute Gasteiger partial charge is 0.369 e. The van der Waals surface area contributed by atoms with E-state index in [0.29, 0.717) is 18.3 Å². The zero-order valence-corrected chi connectivity index (χ0v) is 11.1. The molecule has 2 N–H and O–H groups in total. The molecule has 2 aromatic heterocycles. The lowest BCUT2D eigenvalue weighted by Crippen LogP contribution is -2.28. The molecule has 1 fully saturated rings. The molecule has 2 amide bonds. The number of amides is 2. The van der Waals surface area contributed by atoms with E-state index in [-0.39, 0.29) is 18.9 Å². The summed E-state index contributed by atoms with van der Waals surface area (Å²) < 4.78 is 5.13. The second kappa shape index (κ2) is 5.31. The molecule has 1 aliphatic heterocycles. The van der Waals surface area contributed by atoms with E-state index in [2.05, 4.69) is 15.1 Å². The lowest BCUT2D eigenvalue weighted by atomic mass is 10.1. The first-order chi connectivity index (χ1) is 10.1. The van der Waals surface area contributed by atoms with Gasteiger partial charge in [-0.1, -0.05) is 5.16 Å². The van der Waals surface area contributed by atoms with Crippen LogP contribution in [-0.4, -0.2) is 38.4 Å². The molecule has 0 spiro atoms. The fraction of sp³-hybridized carbons (Fsp3) is 0.308. The Morgan fingerprint density at radius 2 is 2.38 bits per heavy atom. The van der Waals surface area contributed by atoms with E-state index in [0.717, 1.165) is 5.56 Å². The van der Waals surface area contributed by atoms with Gasteiger partial charge >= 0.3 is 0 Å². The van der Waals surface area contributed by atoms with Crippen LogP contribution in [0.25, 0.3) is 11.4 Å². The number of hydrogen-bond donors (Lipinski definition) is 1. The van der Waals surface area contributed by atoms with Crippen molar-refractivity contribution in [2.75, 3.05) is 6.54 Å². The molecule has 1 atom stereocenters. The van der Waals surface area contributed by atoms with Crippen molar-refractivity contribution >= 4 is 11.8 Å². The van der Waals surface area contributed by atoms with Crippen LogP contribution >= 0.6 is 0 Å². The number of nitrogens with zero attached hydrogens (tertiary/aromatic N) is 4. The number of aromatic nitrogens is 3. The molecule has 0 saturated carbocycles. The molecule has 1 unspecified atom stereocenters. The summed E-state index contributed by atoms with van der Waals surface area (Å²) in [5.41, 5.74) is 5.95. The Kier molecular flexibility index (Phi) is 3.35. The molecular formula is C13H13N5O3. The van der Waals surface area contributed by atoms with E-state index in [4.69, 9.17) is 10.3 Å². The predicted molar refractivity (Wildman–Crippen MR) is 70.2 cm³/mol. The van der Waals surface area contributed by atoms with Crippen molar-refractivity contribution < 1.29 is 14.1 Å². The van der Waals surface area contributed by atoms with Crippen molar-refractivity contribution in [1.29, 1.82) is 0 Å². The Hall–Kier alpha value is -2.77. The lowest BCUT2D eigenvalue weighted by Gasteiger charge is -2.12. The highest BCUT2D eigenvalue weighted by molar-refractivity contribution is 5.88. The van der Waals surface area contributed by atoms with Crippen molar-refractivity contribution in [3.8, 4) is 11.4 Å². The first-order valence-corrected chi connectivity index (χ1v) is 6.43. The fourth-order valence-electron chi connectivity index (χ4n) is 2.21. The van der Waals surface area contributed by atoms with Gasteiger partial charge in [-0.2, -0.15) is 4.98 Å². The van der Waals surface area contributed by atoms with E-state index < -0.39 is 11.8 Å². The van der Waals surface area contributed by atoms with E-state index in [1.165, 1.54) is 4.90 Å². The van der Waals surface area contributed by atoms with Gasteiger partial charge in [-0.3, -0.25) is 14.6 Å². The SMILES string of the molecule is NC(=O)C1CC(=O)N(Cc2nc(-c3cccnc3)no2)C1. The van der Waals surface area contributed by atoms with Gasteiger partial charge in [0, 0.05) is 30.9 Å². The first kappa shape index (κ1) is 13.2. The Labute approximate surface area is 119 Å². The molecule has 1 aliphatic rings. The summed E-state index contributed by atoms with van der Waals surface area (Å²) in [5, 5.41) is 3.85. The summed E-state index contributed by atoms with van der Waals surface area (Å²) in [6.07, 6.45) is 3.41. The molecule has 0 radical (unpaired) electrons. The number of carbonyl (C=O) groups excluding carboxylic acids is 2. The van der Waals surface area contributed by atoms with Gasteiger partial charge in [-0.05, 0) is 12.1 Å². The van der Waals surface area contributed by atoms with Gasteiger partial charge in [-0.15, -0.1) is 0 Å². The van der Waals surface area contributed by atoms with Crippen LogP contribution < -0.4 is 5.73 Å². The smallest absolute Gasteiger partial charge is 0.246 e.